The van der Waals surface area contributed by atoms with Crippen molar-refractivity contribution < 1.29 is 18.0 Å². The molecule has 1 fully saturated rings. The van der Waals surface area contributed by atoms with Gasteiger partial charge in [-0.2, -0.15) is 0 Å². The maximum absolute atomic E-state index is 11.8. The zero-order valence-corrected chi connectivity index (χ0v) is 13.2. The van der Waals surface area contributed by atoms with Gasteiger partial charge in [-0.1, -0.05) is 30.3 Å². The van der Waals surface area contributed by atoms with Crippen molar-refractivity contribution in [2.75, 3.05) is 11.5 Å². The van der Waals surface area contributed by atoms with E-state index in [1.54, 1.807) is 0 Å². The van der Waals surface area contributed by atoms with Gasteiger partial charge in [-0.05, 0) is 18.9 Å². The van der Waals surface area contributed by atoms with Gasteiger partial charge in [0.15, 0.2) is 9.84 Å². The Morgan fingerprint density at radius 1 is 1.23 bits per heavy atom. The standard InChI is InChI=1S/C15H20N2O4S/c1-11(12-5-3-2-4-6-12)16-14(18)9-15(19)17-13-7-8-22(20,21)10-13/h2-6,11,13H,7-10H2,1H3,(H,16,18)(H,17,19). The highest BCUT2D eigenvalue weighted by atomic mass is 32.2. The van der Waals surface area contributed by atoms with Crippen molar-refractivity contribution in [1.82, 2.24) is 10.6 Å². The van der Waals surface area contributed by atoms with E-state index in [0.717, 1.165) is 5.56 Å². The first-order valence-corrected chi connectivity index (χ1v) is 9.02. The molecule has 7 heteroatoms. The van der Waals surface area contributed by atoms with Gasteiger partial charge in [-0.15, -0.1) is 0 Å². The molecule has 1 aromatic rings. The summed E-state index contributed by atoms with van der Waals surface area (Å²) in [5, 5.41) is 5.35. The van der Waals surface area contributed by atoms with Crippen molar-refractivity contribution in [3.05, 3.63) is 35.9 Å². The van der Waals surface area contributed by atoms with Crippen LogP contribution in [0.2, 0.25) is 0 Å². The van der Waals surface area contributed by atoms with Gasteiger partial charge < -0.3 is 10.6 Å². The molecule has 1 aromatic carbocycles. The zero-order valence-electron chi connectivity index (χ0n) is 12.4. The molecule has 0 radical (unpaired) electrons. The molecule has 1 heterocycles. The number of sulfone groups is 1. The van der Waals surface area contributed by atoms with Gasteiger partial charge in [0.05, 0.1) is 17.5 Å². The van der Waals surface area contributed by atoms with Gasteiger partial charge in [-0.25, -0.2) is 8.42 Å². The van der Waals surface area contributed by atoms with Gasteiger partial charge >= 0.3 is 0 Å². The molecule has 2 atom stereocenters. The van der Waals surface area contributed by atoms with Gasteiger partial charge in [0.25, 0.3) is 0 Å². The van der Waals surface area contributed by atoms with Crippen LogP contribution in [0.25, 0.3) is 0 Å². The van der Waals surface area contributed by atoms with Crippen LogP contribution < -0.4 is 10.6 Å². The fraction of sp³-hybridized carbons (Fsp3) is 0.467. The third-order valence-electron chi connectivity index (χ3n) is 3.60. The van der Waals surface area contributed by atoms with Crippen LogP contribution in [0.4, 0.5) is 0 Å². The lowest BCUT2D eigenvalue weighted by molar-refractivity contribution is -0.129. The van der Waals surface area contributed by atoms with Crippen molar-refractivity contribution in [3.8, 4) is 0 Å². The predicted octanol–water partition coefficient (Wildman–Crippen LogP) is 0.557. The molecular formula is C15H20N2O4S. The van der Waals surface area contributed by atoms with Gasteiger partial charge in [0.1, 0.15) is 6.42 Å². The molecule has 0 aromatic heterocycles. The number of hydrogen-bond acceptors (Lipinski definition) is 4. The van der Waals surface area contributed by atoms with Crippen molar-refractivity contribution >= 4 is 21.7 Å². The molecule has 0 spiro atoms. The van der Waals surface area contributed by atoms with Crippen molar-refractivity contribution in [2.45, 2.75) is 31.8 Å². The fourth-order valence-electron chi connectivity index (χ4n) is 2.45. The largest absolute Gasteiger partial charge is 0.352 e. The van der Waals surface area contributed by atoms with E-state index in [2.05, 4.69) is 10.6 Å². The van der Waals surface area contributed by atoms with E-state index >= 15 is 0 Å². The summed E-state index contributed by atoms with van der Waals surface area (Å²) in [6.45, 7) is 1.84. The molecule has 0 bridgehead atoms. The number of hydrogen-bond donors (Lipinski definition) is 2. The van der Waals surface area contributed by atoms with Gasteiger partial charge in [-0.3, -0.25) is 9.59 Å². The number of amides is 2. The molecule has 2 rings (SSSR count). The highest BCUT2D eigenvalue weighted by Crippen LogP contribution is 2.12. The summed E-state index contributed by atoms with van der Waals surface area (Å²) in [6, 6.07) is 8.88. The smallest absolute Gasteiger partial charge is 0.229 e. The second-order valence-electron chi connectivity index (χ2n) is 5.54. The van der Waals surface area contributed by atoms with E-state index in [1.165, 1.54) is 0 Å². The molecule has 1 aliphatic rings. The normalized spacial score (nSPS) is 21.0. The van der Waals surface area contributed by atoms with E-state index in [0.29, 0.717) is 6.42 Å². The van der Waals surface area contributed by atoms with E-state index in [4.69, 9.17) is 0 Å². The monoisotopic (exact) mass is 324 g/mol. The van der Waals surface area contributed by atoms with Crippen LogP contribution in [-0.4, -0.2) is 37.8 Å². The second-order valence-corrected chi connectivity index (χ2v) is 7.77. The zero-order chi connectivity index (χ0) is 16.2. The number of carbonyl (C=O) groups is 2. The summed E-state index contributed by atoms with van der Waals surface area (Å²) in [5.41, 5.74) is 0.957. The molecule has 0 saturated carbocycles. The highest BCUT2D eigenvalue weighted by molar-refractivity contribution is 7.91. The Morgan fingerprint density at radius 3 is 2.50 bits per heavy atom. The summed E-state index contributed by atoms with van der Waals surface area (Å²) < 4.78 is 22.6. The Bertz CT molecular complexity index is 643. The molecule has 22 heavy (non-hydrogen) atoms. The van der Waals surface area contributed by atoms with Crippen molar-refractivity contribution in [2.24, 2.45) is 0 Å². The SMILES string of the molecule is CC(NC(=O)CC(=O)NC1CCS(=O)(=O)C1)c1ccccc1. The summed E-state index contributed by atoms with van der Waals surface area (Å²) in [6.07, 6.45) is 0.115. The molecule has 1 saturated heterocycles. The molecule has 1 aliphatic heterocycles. The second kappa shape index (κ2) is 6.91. The minimum absolute atomic E-state index is 0.0409. The van der Waals surface area contributed by atoms with Gasteiger partial charge in [0, 0.05) is 6.04 Å². The van der Waals surface area contributed by atoms with Crippen LogP contribution in [0.5, 0.6) is 0 Å². The summed E-state index contributed by atoms with van der Waals surface area (Å²) in [7, 11) is -3.04. The number of benzene rings is 1. The quantitative estimate of drug-likeness (QED) is 0.774. The third-order valence-corrected chi connectivity index (χ3v) is 5.36. The topological polar surface area (TPSA) is 92.3 Å². The first-order valence-electron chi connectivity index (χ1n) is 7.20. The molecule has 120 valence electrons. The Hall–Kier alpha value is -1.89. The number of rotatable bonds is 5. The first-order chi connectivity index (χ1) is 10.4. The van der Waals surface area contributed by atoms with Crippen molar-refractivity contribution in [1.29, 1.82) is 0 Å². The molecule has 2 unspecified atom stereocenters. The van der Waals surface area contributed by atoms with E-state index < -0.39 is 15.7 Å². The summed E-state index contributed by atoms with van der Waals surface area (Å²) in [4.78, 5) is 23.6. The maximum atomic E-state index is 11.8. The molecule has 2 N–H and O–H groups in total. The Labute approximate surface area is 130 Å². The van der Waals surface area contributed by atoms with E-state index in [9.17, 15) is 18.0 Å². The van der Waals surface area contributed by atoms with Crippen LogP contribution >= 0.6 is 0 Å². The molecule has 0 aliphatic carbocycles. The van der Waals surface area contributed by atoms with Crippen molar-refractivity contribution in [3.63, 3.8) is 0 Å². The Kier molecular flexibility index (Phi) is 5.18. The highest BCUT2D eigenvalue weighted by Gasteiger charge is 2.29. The Balaban J connectivity index is 1.78. The number of carbonyl (C=O) groups excluding carboxylic acids is 2. The van der Waals surface area contributed by atoms with Gasteiger partial charge in [0.2, 0.25) is 11.8 Å². The third kappa shape index (κ3) is 4.84. The summed E-state index contributed by atoms with van der Waals surface area (Å²) >= 11 is 0. The van der Waals surface area contributed by atoms with E-state index in [1.807, 2.05) is 37.3 Å². The lowest BCUT2D eigenvalue weighted by atomic mass is 10.1. The minimum Gasteiger partial charge on any atom is -0.352 e. The van der Waals surface area contributed by atoms with E-state index in [-0.39, 0.29) is 35.9 Å². The predicted molar refractivity (Wildman–Crippen MR) is 82.8 cm³/mol. The lowest BCUT2D eigenvalue weighted by Crippen LogP contribution is -2.39. The van der Waals surface area contributed by atoms with Crippen LogP contribution in [0, 0.1) is 0 Å². The minimum atomic E-state index is -3.04. The first kappa shape index (κ1) is 16.5. The molecule has 6 nitrogen and oxygen atoms in total. The van der Waals surface area contributed by atoms with Crippen LogP contribution in [0.3, 0.4) is 0 Å². The number of nitrogens with one attached hydrogen (secondary N) is 2. The average Bonchev–Trinajstić information content (AvgIpc) is 2.78. The average molecular weight is 324 g/mol. The van der Waals surface area contributed by atoms with Crippen LogP contribution in [0.15, 0.2) is 30.3 Å². The van der Waals surface area contributed by atoms with Crippen LogP contribution in [0.1, 0.15) is 31.4 Å². The lowest BCUT2D eigenvalue weighted by Gasteiger charge is -2.15. The van der Waals surface area contributed by atoms with Crippen LogP contribution in [-0.2, 0) is 19.4 Å². The molecule has 2 amide bonds. The fourth-order valence-corrected chi connectivity index (χ4v) is 4.12. The maximum Gasteiger partial charge on any atom is 0.229 e. The Morgan fingerprint density at radius 2 is 1.91 bits per heavy atom. The molecular weight excluding hydrogens is 304 g/mol. The summed E-state index contributed by atoms with van der Waals surface area (Å²) in [5.74, 6) is -0.773.